The Morgan fingerprint density at radius 3 is 2.41 bits per heavy atom. The topological polar surface area (TPSA) is 110 Å². The number of carbonyl (C=O) groups is 2. The van der Waals surface area contributed by atoms with Gasteiger partial charge in [0.2, 0.25) is 0 Å². The van der Waals surface area contributed by atoms with E-state index in [9.17, 15) is 24.8 Å². The fourth-order valence-electron chi connectivity index (χ4n) is 2.34. The van der Waals surface area contributed by atoms with E-state index in [1.54, 1.807) is 30.3 Å². The summed E-state index contributed by atoms with van der Waals surface area (Å²) in [6, 6.07) is 12.8. The Hall–Kier alpha value is -2.94. The number of anilines is 1. The molecule has 0 spiro atoms. The molecule has 0 aliphatic heterocycles. The minimum absolute atomic E-state index is 0.101. The molecule has 8 nitrogen and oxygen atoms in total. The van der Waals surface area contributed by atoms with Crippen LogP contribution in [0.5, 0.6) is 0 Å². The zero-order chi connectivity index (χ0) is 20.2. The van der Waals surface area contributed by atoms with Crippen molar-refractivity contribution in [1.82, 2.24) is 0 Å². The Bertz CT molecular complexity index is 869. The fourth-order valence-corrected chi connectivity index (χ4v) is 2.69. The number of aliphatic carboxylic acids is 1. The highest BCUT2D eigenvalue weighted by Crippen LogP contribution is 2.36. The molecule has 0 heterocycles. The van der Waals surface area contributed by atoms with Crippen molar-refractivity contribution in [2.75, 3.05) is 4.90 Å². The standard InChI is InChI=1S/C18H17BrN2O6/c1-18(2,16(22)23)20(14-9-8-13(19)10-15(14)21(25)26)17(24)27-11-12-6-4-3-5-7-12/h3-10H,11H2,1-2H3,(H,22,23). The summed E-state index contributed by atoms with van der Waals surface area (Å²) in [6.07, 6.45) is -1.00. The van der Waals surface area contributed by atoms with Crippen molar-refractivity contribution in [2.45, 2.75) is 26.0 Å². The van der Waals surface area contributed by atoms with E-state index in [0.717, 1.165) is 4.90 Å². The van der Waals surface area contributed by atoms with Gasteiger partial charge in [0.1, 0.15) is 17.8 Å². The molecule has 0 saturated heterocycles. The number of carbonyl (C=O) groups excluding carboxylic acids is 1. The Morgan fingerprint density at radius 2 is 1.85 bits per heavy atom. The summed E-state index contributed by atoms with van der Waals surface area (Å²) < 4.78 is 5.66. The zero-order valence-electron chi connectivity index (χ0n) is 14.6. The lowest BCUT2D eigenvalue weighted by atomic mass is 10.0. The number of carboxylic acid groups (broad SMARTS) is 1. The fraction of sp³-hybridized carbons (Fsp3) is 0.222. The molecule has 0 aliphatic carbocycles. The van der Waals surface area contributed by atoms with Crippen molar-refractivity contribution in [3.63, 3.8) is 0 Å². The predicted octanol–water partition coefficient (Wildman–Crippen LogP) is 4.36. The Labute approximate surface area is 163 Å². The van der Waals surface area contributed by atoms with E-state index in [1.165, 1.54) is 32.0 Å². The number of nitro benzene ring substituents is 1. The number of hydrogen-bond donors (Lipinski definition) is 1. The maximum Gasteiger partial charge on any atom is 0.415 e. The molecule has 0 saturated carbocycles. The first-order chi connectivity index (χ1) is 12.6. The highest BCUT2D eigenvalue weighted by atomic mass is 79.9. The Kier molecular flexibility index (Phi) is 6.17. The lowest BCUT2D eigenvalue weighted by molar-refractivity contribution is -0.384. The first kappa shape index (κ1) is 20.4. The summed E-state index contributed by atoms with van der Waals surface area (Å²) in [5.41, 5.74) is -1.68. The summed E-state index contributed by atoms with van der Waals surface area (Å²) in [6.45, 7) is 2.44. The average molecular weight is 437 g/mol. The second-order valence-corrected chi connectivity index (χ2v) is 7.05. The van der Waals surface area contributed by atoms with Gasteiger partial charge in [-0.3, -0.25) is 15.0 Å². The molecule has 0 bridgehead atoms. The SMILES string of the molecule is CC(C)(C(=O)O)N(C(=O)OCc1ccccc1)c1ccc(Br)cc1[N+](=O)[O-]. The number of nitrogens with zero attached hydrogens (tertiary/aromatic N) is 2. The molecular weight excluding hydrogens is 420 g/mol. The molecule has 0 aromatic heterocycles. The number of rotatable bonds is 6. The van der Waals surface area contributed by atoms with E-state index < -0.39 is 28.2 Å². The molecule has 1 amide bonds. The lowest BCUT2D eigenvalue weighted by Crippen LogP contribution is -2.53. The highest BCUT2D eigenvalue weighted by molar-refractivity contribution is 9.10. The summed E-state index contributed by atoms with van der Waals surface area (Å²) in [7, 11) is 0. The monoisotopic (exact) mass is 436 g/mol. The minimum Gasteiger partial charge on any atom is -0.480 e. The third-order valence-corrected chi connectivity index (χ3v) is 4.34. The molecule has 2 aromatic rings. The lowest BCUT2D eigenvalue weighted by Gasteiger charge is -2.33. The van der Waals surface area contributed by atoms with Gasteiger partial charge in [-0.2, -0.15) is 0 Å². The second kappa shape index (κ2) is 8.17. The van der Waals surface area contributed by atoms with Gasteiger partial charge in [0.05, 0.1) is 4.92 Å². The van der Waals surface area contributed by atoms with Crippen LogP contribution in [0.25, 0.3) is 0 Å². The second-order valence-electron chi connectivity index (χ2n) is 6.13. The Morgan fingerprint density at radius 1 is 1.22 bits per heavy atom. The first-order valence-corrected chi connectivity index (χ1v) is 8.62. The van der Waals surface area contributed by atoms with Crippen LogP contribution < -0.4 is 4.90 Å². The molecule has 142 valence electrons. The molecule has 27 heavy (non-hydrogen) atoms. The van der Waals surface area contributed by atoms with Gasteiger partial charge in [-0.1, -0.05) is 46.3 Å². The minimum atomic E-state index is -1.79. The molecule has 0 aliphatic rings. The molecule has 0 unspecified atom stereocenters. The van der Waals surface area contributed by atoms with Gasteiger partial charge < -0.3 is 9.84 Å². The number of nitro groups is 1. The molecule has 2 aromatic carbocycles. The van der Waals surface area contributed by atoms with Crippen molar-refractivity contribution < 1.29 is 24.4 Å². The van der Waals surface area contributed by atoms with Crippen molar-refractivity contribution in [3.8, 4) is 0 Å². The maximum absolute atomic E-state index is 12.7. The van der Waals surface area contributed by atoms with Crippen LogP contribution in [0, 0.1) is 10.1 Å². The van der Waals surface area contributed by atoms with Crippen LogP contribution in [0.2, 0.25) is 0 Å². The number of amides is 1. The summed E-state index contributed by atoms with van der Waals surface area (Å²) in [5, 5.41) is 21.0. The molecule has 1 N–H and O–H groups in total. The zero-order valence-corrected chi connectivity index (χ0v) is 16.2. The van der Waals surface area contributed by atoms with Gasteiger partial charge in [0, 0.05) is 10.5 Å². The quantitative estimate of drug-likeness (QED) is 0.531. The van der Waals surface area contributed by atoms with Crippen LogP contribution in [0.15, 0.2) is 53.0 Å². The highest BCUT2D eigenvalue weighted by Gasteiger charge is 2.43. The van der Waals surface area contributed by atoms with Crippen molar-refractivity contribution in [2.24, 2.45) is 0 Å². The van der Waals surface area contributed by atoms with Crippen LogP contribution in [-0.2, 0) is 16.1 Å². The number of carboxylic acids is 1. The van der Waals surface area contributed by atoms with Gasteiger partial charge in [0.15, 0.2) is 0 Å². The average Bonchev–Trinajstić information content (AvgIpc) is 2.61. The van der Waals surface area contributed by atoms with E-state index in [0.29, 0.717) is 10.0 Å². The van der Waals surface area contributed by atoms with Crippen molar-refractivity contribution in [3.05, 3.63) is 68.7 Å². The van der Waals surface area contributed by atoms with Gasteiger partial charge in [-0.05, 0) is 31.5 Å². The third-order valence-electron chi connectivity index (χ3n) is 3.85. The van der Waals surface area contributed by atoms with Crippen LogP contribution in [0.3, 0.4) is 0 Å². The van der Waals surface area contributed by atoms with Gasteiger partial charge in [-0.15, -0.1) is 0 Å². The Balaban J connectivity index is 2.45. The van der Waals surface area contributed by atoms with E-state index in [2.05, 4.69) is 15.9 Å². The van der Waals surface area contributed by atoms with Gasteiger partial charge in [0.25, 0.3) is 5.69 Å². The maximum atomic E-state index is 12.7. The van der Waals surface area contributed by atoms with Gasteiger partial charge in [-0.25, -0.2) is 9.59 Å². The predicted molar refractivity (Wildman–Crippen MR) is 102 cm³/mol. The van der Waals surface area contributed by atoms with Crippen LogP contribution in [0.4, 0.5) is 16.2 Å². The molecule has 2 rings (SSSR count). The largest absolute Gasteiger partial charge is 0.480 e. The van der Waals surface area contributed by atoms with E-state index in [1.807, 2.05) is 0 Å². The summed E-state index contributed by atoms with van der Waals surface area (Å²) >= 11 is 3.14. The molecule has 9 heteroatoms. The van der Waals surface area contributed by atoms with E-state index >= 15 is 0 Å². The summed E-state index contributed by atoms with van der Waals surface area (Å²) in [5.74, 6) is -1.34. The van der Waals surface area contributed by atoms with Crippen molar-refractivity contribution in [1.29, 1.82) is 0 Å². The number of benzene rings is 2. The van der Waals surface area contributed by atoms with Crippen LogP contribution >= 0.6 is 15.9 Å². The smallest absolute Gasteiger partial charge is 0.415 e. The van der Waals surface area contributed by atoms with Crippen LogP contribution in [0.1, 0.15) is 19.4 Å². The first-order valence-electron chi connectivity index (χ1n) is 7.83. The van der Waals surface area contributed by atoms with Crippen molar-refractivity contribution >= 4 is 39.4 Å². The molecular formula is C18H17BrN2O6. The van der Waals surface area contributed by atoms with E-state index in [4.69, 9.17) is 4.74 Å². The molecule has 0 atom stereocenters. The summed E-state index contributed by atoms with van der Waals surface area (Å²) in [4.78, 5) is 36.0. The number of ether oxygens (including phenoxy) is 1. The van der Waals surface area contributed by atoms with Crippen LogP contribution in [-0.4, -0.2) is 27.6 Å². The normalized spacial score (nSPS) is 10.9. The third kappa shape index (κ3) is 4.62. The molecule has 0 fully saturated rings. The number of halogens is 1. The van der Waals surface area contributed by atoms with Gasteiger partial charge >= 0.3 is 12.1 Å². The number of hydrogen-bond acceptors (Lipinski definition) is 5. The van der Waals surface area contributed by atoms with E-state index in [-0.39, 0.29) is 12.3 Å². The molecule has 0 radical (unpaired) electrons.